The minimum atomic E-state index is -0.268. The highest BCUT2D eigenvalue weighted by Crippen LogP contribution is 2.30. The fourth-order valence-electron chi connectivity index (χ4n) is 3.43. The van der Waals surface area contributed by atoms with Gasteiger partial charge >= 0.3 is 0 Å². The van der Waals surface area contributed by atoms with Gasteiger partial charge in [0.2, 0.25) is 11.8 Å². The predicted molar refractivity (Wildman–Crippen MR) is 103 cm³/mol. The van der Waals surface area contributed by atoms with Crippen molar-refractivity contribution in [2.75, 3.05) is 41.4 Å². The van der Waals surface area contributed by atoms with Crippen LogP contribution in [0.15, 0.2) is 42.6 Å². The molecule has 7 nitrogen and oxygen atoms in total. The molecule has 2 aromatic rings. The predicted octanol–water partition coefficient (Wildman–Crippen LogP) is 2.44. The van der Waals surface area contributed by atoms with E-state index in [0.717, 1.165) is 18.9 Å². The number of pyridine rings is 1. The molecule has 1 N–H and O–H groups in total. The van der Waals surface area contributed by atoms with Gasteiger partial charge in [0.05, 0.1) is 30.6 Å². The van der Waals surface area contributed by atoms with Crippen molar-refractivity contribution in [2.24, 2.45) is 0 Å². The molecule has 0 saturated carbocycles. The first-order valence-electron chi connectivity index (χ1n) is 9.24. The van der Waals surface area contributed by atoms with Crippen molar-refractivity contribution in [3.05, 3.63) is 42.6 Å². The zero-order valence-corrected chi connectivity index (χ0v) is 15.1. The molecule has 2 aliphatic heterocycles. The van der Waals surface area contributed by atoms with Gasteiger partial charge in [-0.3, -0.25) is 14.5 Å². The molecule has 0 spiro atoms. The van der Waals surface area contributed by atoms with Crippen molar-refractivity contribution < 1.29 is 14.3 Å². The standard InChI is InChI=1S/C20H22N4O3/c25-19(22-15-7-8-18(21-13-15)23-10-3-4-11-23)14-24-16-5-1-2-6-17(16)27-12-9-20(24)26/h1-2,5-8,13H,3-4,9-12,14H2,(H,22,25). The van der Waals surface area contributed by atoms with Crippen LogP contribution in [0.3, 0.4) is 0 Å². The second-order valence-corrected chi connectivity index (χ2v) is 6.69. The Morgan fingerprint density at radius 1 is 1.15 bits per heavy atom. The van der Waals surface area contributed by atoms with Crippen molar-refractivity contribution in [3.8, 4) is 5.75 Å². The van der Waals surface area contributed by atoms with Gasteiger partial charge in [-0.2, -0.15) is 0 Å². The minimum absolute atomic E-state index is 0.0624. The van der Waals surface area contributed by atoms with Crippen molar-refractivity contribution in [1.82, 2.24) is 4.98 Å². The Morgan fingerprint density at radius 2 is 1.96 bits per heavy atom. The highest BCUT2D eigenvalue weighted by molar-refractivity contribution is 6.03. The molecule has 2 aliphatic rings. The van der Waals surface area contributed by atoms with Gasteiger partial charge in [-0.15, -0.1) is 0 Å². The molecule has 1 aromatic carbocycles. The molecule has 3 heterocycles. The van der Waals surface area contributed by atoms with Crippen molar-refractivity contribution in [1.29, 1.82) is 0 Å². The first kappa shape index (κ1) is 17.3. The van der Waals surface area contributed by atoms with Gasteiger partial charge in [0.15, 0.2) is 0 Å². The number of hydrogen-bond donors (Lipinski definition) is 1. The Bertz CT molecular complexity index is 831. The first-order chi connectivity index (χ1) is 13.2. The molecule has 7 heteroatoms. The number of anilines is 3. The Labute approximate surface area is 157 Å². The maximum absolute atomic E-state index is 12.5. The van der Waals surface area contributed by atoms with E-state index in [1.54, 1.807) is 18.3 Å². The van der Waals surface area contributed by atoms with Crippen molar-refractivity contribution in [2.45, 2.75) is 19.3 Å². The first-order valence-corrected chi connectivity index (χ1v) is 9.24. The third-order valence-corrected chi connectivity index (χ3v) is 4.79. The van der Waals surface area contributed by atoms with E-state index in [4.69, 9.17) is 4.74 Å². The van der Waals surface area contributed by atoms with Crippen LogP contribution in [0.2, 0.25) is 0 Å². The molecular formula is C20H22N4O3. The van der Waals surface area contributed by atoms with E-state index in [9.17, 15) is 9.59 Å². The molecule has 0 radical (unpaired) electrons. The van der Waals surface area contributed by atoms with E-state index in [0.29, 0.717) is 23.7 Å². The number of aromatic nitrogens is 1. The summed E-state index contributed by atoms with van der Waals surface area (Å²) in [5.41, 5.74) is 1.24. The van der Waals surface area contributed by atoms with Gasteiger partial charge in [-0.25, -0.2) is 4.98 Å². The summed E-state index contributed by atoms with van der Waals surface area (Å²) in [5.74, 6) is 1.15. The zero-order chi connectivity index (χ0) is 18.6. The van der Waals surface area contributed by atoms with Crippen LogP contribution in [0.5, 0.6) is 5.75 Å². The van der Waals surface area contributed by atoms with Crippen LogP contribution in [-0.4, -0.2) is 43.0 Å². The number of ether oxygens (including phenoxy) is 1. The van der Waals surface area contributed by atoms with Crippen molar-refractivity contribution in [3.63, 3.8) is 0 Å². The van der Waals surface area contributed by atoms with E-state index < -0.39 is 0 Å². The summed E-state index contributed by atoms with van der Waals surface area (Å²) in [6.45, 7) is 2.30. The van der Waals surface area contributed by atoms with Gasteiger partial charge in [-0.1, -0.05) is 12.1 Å². The van der Waals surface area contributed by atoms with Crippen LogP contribution in [0, 0.1) is 0 Å². The number of nitrogens with one attached hydrogen (secondary N) is 1. The average Bonchev–Trinajstić information content (AvgIpc) is 3.17. The van der Waals surface area contributed by atoms with Crippen LogP contribution in [-0.2, 0) is 9.59 Å². The number of fused-ring (bicyclic) bond motifs is 1. The number of carbonyl (C=O) groups is 2. The minimum Gasteiger partial charge on any atom is -0.491 e. The second-order valence-electron chi connectivity index (χ2n) is 6.69. The lowest BCUT2D eigenvalue weighted by molar-refractivity contribution is -0.121. The van der Waals surface area contributed by atoms with E-state index in [-0.39, 0.29) is 24.8 Å². The third kappa shape index (κ3) is 3.86. The molecule has 1 saturated heterocycles. The average molecular weight is 366 g/mol. The summed E-state index contributed by atoms with van der Waals surface area (Å²) < 4.78 is 5.60. The summed E-state index contributed by atoms with van der Waals surface area (Å²) in [5, 5.41) is 2.82. The molecule has 27 heavy (non-hydrogen) atoms. The molecule has 4 rings (SSSR count). The highest BCUT2D eigenvalue weighted by Gasteiger charge is 2.25. The molecule has 2 amide bonds. The Balaban J connectivity index is 1.43. The maximum atomic E-state index is 12.5. The Hall–Kier alpha value is -3.09. The van der Waals surface area contributed by atoms with Crippen molar-refractivity contribution >= 4 is 29.0 Å². The number of para-hydroxylation sites is 2. The molecule has 0 bridgehead atoms. The van der Waals surface area contributed by atoms with Crippen LogP contribution < -0.4 is 19.9 Å². The van der Waals surface area contributed by atoms with Gasteiger partial charge in [0.25, 0.3) is 0 Å². The van der Waals surface area contributed by atoms with Crippen LogP contribution in [0.25, 0.3) is 0 Å². The molecule has 0 unspecified atom stereocenters. The maximum Gasteiger partial charge on any atom is 0.244 e. The van der Waals surface area contributed by atoms with E-state index in [2.05, 4.69) is 15.2 Å². The monoisotopic (exact) mass is 366 g/mol. The molecule has 1 aromatic heterocycles. The number of carbonyl (C=O) groups excluding carboxylic acids is 2. The quantitative estimate of drug-likeness (QED) is 0.900. The van der Waals surface area contributed by atoms with Crippen LogP contribution >= 0.6 is 0 Å². The zero-order valence-electron chi connectivity index (χ0n) is 15.1. The number of hydrogen-bond acceptors (Lipinski definition) is 5. The fraction of sp³-hybridized carbons (Fsp3) is 0.350. The molecule has 0 atom stereocenters. The van der Waals surface area contributed by atoms with Gasteiger partial charge in [-0.05, 0) is 37.1 Å². The van der Waals surface area contributed by atoms with Gasteiger partial charge in [0, 0.05) is 13.1 Å². The Kier molecular flexibility index (Phi) is 4.91. The van der Waals surface area contributed by atoms with Gasteiger partial charge < -0.3 is 15.0 Å². The van der Waals surface area contributed by atoms with Crippen LogP contribution in [0.4, 0.5) is 17.2 Å². The number of nitrogens with zero attached hydrogens (tertiary/aromatic N) is 3. The summed E-state index contributed by atoms with van der Waals surface area (Å²) in [6, 6.07) is 11.0. The fourth-order valence-corrected chi connectivity index (χ4v) is 3.43. The smallest absolute Gasteiger partial charge is 0.244 e. The number of amides is 2. The third-order valence-electron chi connectivity index (χ3n) is 4.79. The molecule has 140 valence electrons. The largest absolute Gasteiger partial charge is 0.491 e. The van der Waals surface area contributed by atoms with E-state index >= 15 is 0 Å². The lowest BCUT2D eigenvalue weighted by Gasteiger charge is -2.21. The number of benzene rings is 1. The summed E-state index contributed by atoms with van der Waals surface area (Å²) in [7, 11) is 0. The summed E-state index contributed by atoms with van der Waals surface area (Å²) in [6.07, 6.45) is 4.28. The number of rotatable bonds is 4. The van der Waals surface area contributed by atoms with E-state index in [1.807, 2.05) is 24.3 Å². The van der Waals surface area contributed by atoms with Crippen LogP contribution in [0.1, 0.15) is 19.3 Å². The van der Waals surface area contributed by atoms with E-state index in [1.165, 1.54) is 17.7 Å². The lowest BCUT2D eigenvalue weighted by atomic mass is 10.2. The van der Waals surface area contributed by atoms with Gasteiger partial charge in [0.1, 0.15) is 18.1 Å². The summed E-state index contributed by atoms with van der Waals surface area (Å²) >= 11 is 0. The molecule has 0 aliphatic carbocycles. The second kappa shape index (κ2) is 7.65. The highest BCUT2D eigenvalue weighted by atomic mass is 16.5. The molecule has 1 fully saturated rings. The topological polar surface area (TPSA) is 74.8 Å². The molecular weight excluding hydrogens is 344 g/mol. The normalized spacial score (nSPS) is 16.5. The SMILES string of the molecule is O=C(CN1C(=O)CCOc2ccccc21)Nc1ccc(N2CCCC2)nc1. The Morgan fingerprint density at radius 3 is 2.74 bits per heavy atom. The summed E-state index contributed by atoms with van der Waals surface area (Å²) in [4.78, 5) is 33.1. The lowest BCUT2D eigenvalue weighted by Crippen LogP contribution is -2.37.